The smallest absolute Gasteiger partial charge is 0.225 e. The number of nitrogens with zero attached hydrogens (tertiary/aromatic N) is 2. The molecule has 5 heteroatoms. The number of hydrogen-bond donors (Lipinski definition) is 1. The lowest BCUT2D eigenvalue weighted by molar-refractivity contribution is -0.129. The minimum Gasteiger partial charge on any atom is -0.366 e. The Hall–Kier alpha value is -2.04. The van der Waals surface area contributed by atoms with Gasteiger partial charge in [-0.05, 0) is 37.8 Å². The van der Waals surface area contributed by atoms with Crippen molar-refractivity contribution in [2.45, 2.75) is 44.7 Å². The van der Waals surface area contributed by atoms with Crippen molar-refractivity contribution in [3.05, 3.63) is 29.8 Å². The Kier molecular flexibility index (Phi) is 3.94. The van der Waals surface area contributed by atoms with Crippen molar-refractivity contribution in [3.8, 4) is 0 Å². The molecule has 0 bridgehead atoms. The quantitative estimate of drug-likeness (QED) is 0.893. The zero-order chi connectivity index (χ0) is 16.7. The first-order valence-electron chi connectivity index (χ1n) is 9.05. The molecule has 2 atom stereocenters. The molecule has 0 spiro atoms. The van der Waals surface area contributed by atoms with Crippen molar-refractivity contribution in [1.29, 1.82) is 0 Å². The van der Waals surface area contributed by atoms with Gasteiger partial charge in [-0.2, -0.15) is 0 Å². The molecule has 24 heavy (non-hydrogen) atoms. The zero-order valence-corrected chi connectivity index (χ0v) is 14.2. The summed E-state index contributed by atoms with van der Waals surface area (Å²) in [5.74, 6) is 0.0150. The molecule has 1 N–H and O–H groups in total. The number of carbonyl (C=O) groups excluding carboxylic acids is 2. The van der Waals surface area contributed by atoms with Gasteiger partial charge in [-0.25, -0.2) is 0 Å². The van der Waals surface area contributed by atoms with Crippen molar-refractivity contribution >= 4 is 17.5 Å². The second-order valence-corrected chi connectivity index (χ2v) is 7.34. The summed E-state index contributed by atoms with van der Waals surface area (Å²) in [6.07, 6.45) is 3.65. The van der Waals surface area contributed by atoms with Crippen LogP contribution in [0.15, 0.2) is 24.3 Å². The first-order valence-corrected chi connectivity index (χ1v) is 9.05. The molecule has 2 fully saturated rings. The molecule has 0 aromatic heterocycles. The summed E-state index contributed by atoms with van der Waals surface area (Å²) in [7, 11) is 0. The van der Waals surface area contributed by atoms with Crippen molar-refractivity contribution in [2.75, 3.05) is 24.5 Å². The lowest BCUT2D eigenvalue weighted by atomic mass is 10.1. The van der Waals surface area contributed by atoms with Gasteiger partial charge in [0.1, 0.15) is 0 Å². The van der Waals surface area contributed by atoms with Crippen LogP contribution in [0.5, 0.6) is 0 Å². The van der Waals surface area contributed by atoms with Crippen LogP contribution in [-0.4, -0.2) is 48.4 Å². The van der Waals surface area contributed by atoms with E-state index >= 15 is 0 Å². The third kappa shape index (κ3) is 2.87. The number of nitrogens with one attached hydrogen (secondary N) is 1. The van der Waals surface area contributed by atoms with Crippen LogP contribution in [0, 0.1) is 5.92 Å². The average Bonchev–Trinajstić information content (AvgIpc) is 3.21. The predicted octanol–water partition coefficient (Wildman–Crippen LogP) is 1.56. The Balaban J connectivity index is 1.31. The second-order valence-electron chi connectivity index (χ2n) is 7.34. The van der Waals surface area contributed by atoms with E-state index in [0.717, 1.165) is 25.8 Å². The van der Waals surface area contributed by atoms with Crippen LogP contribution >= 0.6 is 0 Å². The van der Waals surface area contributed by atoms with E-state index in [9.17, 15) is 9.59 Å². The Morgan fingerprint density at radius 3 is 2.92 bits per heavy atom. The zero-order valence-electron chi connectivity index (χ0n) is 14.2. The van der Waals surface area contributed by atoms with E-state index in [1.165, 1.54) is 11.3 Å². The summed E-state index contributed by atoms with van der Waals surface area (Å²) in [6.45, 7) is 4.39. The van der Waals surface area contributed by atoms with Crippen molar-refractivity contribution < 1.29 is 9.59 Å². The van der Waals surface area contributed by atoms with Gasteiger partial charge in [-0.3, -0.25) is 9.59 Å². The Bertz CT molecular complexity index is 656. The summed E-state index contributed by atoms with van der Waals surface area (Å²) < 4.78 is 0. The number of hydrogen-bond acceptors (Lipinski definition) is 3. The van der Waals surface area contributed by atoms with Gasteiger partial charge in [0.25, 0.3) is 0 Å². The fraction of sp³-hybridized carbons (Fsp3) is 0.579. The third-order valence-corrected chi connectivity index (χ3v) is 5.54. The fourth-order valence-electron chi connectivity index (χ4n) is 3.97. The molecular formula is C19H25N3O2. The van der Waals surface area contributed by atoms with Gasteiger partial charge in [0.2, 0.25) is 11.8 Å². The average molecular weight is 327 g/mol. The van der Waals surface area contributed by atoms with Crippen molar-refractivity contribution in [2.24, 2.45) is 5.92 Å². The van der Waals surface area contributed by atoms with Crippen LogP contribution in [0.4, 0.5) is 5.69 Å². The molecule has 1 saturated carbocycles. The number of para-hydroxylation sites is 1. The molecule has 0 unspecified atom stereocenters. The van der Waals surface area contributed by atoms with E-state index in [1.807, 2.05) is 4.90 Å². The normalized spacial score (nSPS) is 24.2. The number of benzene rings is 1. The van der Waals surface area contributed by atoms with Gasteiger partial charge >= 0.3 is 0 Å². The fourth-order valence-corrected chi connectivity index (χ4v) is 3.97. The van der Waals surface area contributed by atoms with Crippen LogP contribution in [0.1, 0.15) is 31.7 Å². The van der Waals surface area contributed by atoms with Crippen molar-refractivity contribution in [3.63, 3.8) is 0 Å². The van der Waals surface area contributed by atoms with E-state index in [1.54, 1.807) is 0 Å². The molecule has 0 radical (unpaired) electrons. The molecule has 2 heterocycles. The largest absolute Gasteiger partial charge is 0.366 e. The van der Waals surface area contributed by atoms with E-state index in [0.29, 0.717) is 25.6 Å². The lowest BCUT2D eigenvalue weighted by Crippen LogP contribution is -2.43. The number of fused-ring (bicyclic) bond motifs is 1. The van der Waals surface area contributed by atoms with Gasteiger partial charge in [0.05, 0.1) is 5.92 Å². The molecular weight excluding hydrogens is 302 g/mol. The standard InChI is InChI=1S/C19H25N3O2/c1-13(21-9-8-14-4-2-3-5-17(14)21)11-20-19(24)15-10-18(23)22(12-15)16-6-7-16/h2-5,13,15-16H,6-12H2,1H3,(H,20,24)/t13-,15-/m0/s1. The van der Waals surface area contributed by atoms with Gasteiger partial charge in [-0.1, -0.05) is 18.2 Å². The van der Waals surface area contributed by atoms with Crippen molar-refractivity contribution in [1.82, 2.24) is 10.2 Å². The summed E-state index contributed by atoms with van der Waals surface area (Å²) >= 11 is 0. The molecule has 128 valence electrons. The van der Waals surface area contributed by atoms with Crippen LogP contribution in [0.25, 0.3) is 0 Å². The first kappa shape index (κ1) is 15.5. The number of rotatable bonds is 5. The van der Waals surface area contributed by atoms with E-state index < -0.39 is 0 Å². The predicted molar refractivity (Wildman–Crippen MR) is 92.8 cm³/mol. The topological polar surface area (TPSA) is 52.7 Å². The van der Waals surface area contributed by atoms with Crippen LogP contribution in [-0.2, 0) is 16.0 Å². The molecule has 2 aliphatic heterocycles. The monoisotopic (exact) mass is 327 g/mol. The minimum absolute atomic E-state index is 0.0332. The van der Waals surface area contributed by atoms with Crippen LogP contribution in [0.3, 0.4) is 0 Å². The van der Waals surface area contributed by atoms with Gasteiger partial charge in [-0.15, -0.1) is 0 Å². The maximum absolute atomic E-state index is 12.4. The highest BCUT2D eigenvalue weighted by Gasteiger charge is 2.41. The van der Waals surface area contributed by atoms with Crippen LogP contribution < -0.4 is 10.2 Å². The minimum atomic E-state index is -0.170. The van der Waals surface area contributed by atoms with Gasteiger partial charge in [0.15, 0.2) is 0 Å². The van der Waals surface area contributed by atoms with E-state index in [2.05, 4.69) is 41.4 Å². The third-order valence-electron chi connectivity index (χ3n) is 5.54. The molecule has 1 aromatic carbocycles. The molecule has 1 saturated heterocycles. The SMILES string of the molecule is C[C@@H](CNC(=O)[C@H]1CC(=O)N(C2CC2)C1)N1CCc2ccccc21. The lowest BCUT2D eigenvalue weighted by Gasteiger charge is -2.28. The highest BCUT2D eigenvalue weighted by atomic mass is 16.2. The Morgan fingerprint density at radius 1 is 1.33 bits per heavy atom. The van der Waals surface area contributed by atoms with Gasteiger partial charge < -0.3 is 15.1 Å². The summed E-state index contributed by atoms with van der Waals surface area (Å²) in [6, 6.07) is 9.15. The van der Waals surface area contributed by atoms with E-state index in [-0.39, 0.29) is 23.8 Å². The molecule has 1 aliphatic carbocycles. The van der Waals surface area contributed by atoms with Gasteiger partial charge in [0, 0.05) is 43.8 Å². The molecule has 4 rings (SSSR count). The highest BCUT2D eigenvalue weighted by Crippen LogP contribution is 2.33. The second kappa shape index (κ2) is 6.11. The molecule has 3 aliphatic rings. The van der Waals surface area contributed by atoms with Crippen LogP contribution in [0.2, 0.25) is 0 Å². The Labute approximate surface area is 143 Å². The maximum Gasteiger partial charge on any atom is 0.225 e. The summed E-state index contributed by atoms with van der Waals surface area (Å²) in [5, 5.41) is 3.07. The maximum atomic E-state index is 12.4. The number of likely N-dealkylation sites (tertiary alicyclic amines) is 1. The summed E-state index contributed by atoms with van der Waals surface area (Å²) in [4.78, 5) is 28.7. The number of anilines is 1. The number of carbonyl (C=O) groups is 2. The van der Waals surface area contributed by atoms with E-state index in [4.69, 9.17) is 0 Å². The molecule has 2 amide bonds. The Morgan fingerprint density at radius 2 is 2.12 bits per heavy atom. The highest BCUT2D eigenvalue weighted by molar-refractivity contribution is 5.89. The molecule has 1 aromatic rings. The first-order chi connectivity index (χ1) is 11.6. The molecule has 5 nitrogen and oxygen atoms in total. The number of amides is 2. The summed E-state index contributed by atoms with van der Waals surface area (Å²) in [5.41, 5.74) is 2.67.